The summed E-state index contributed by atoms with van der Waals surface area (Å²) >= 11 is 6.20. The van der Waals surface area contributed by atoms with Crippen LogP contribution in [0.15, 0.2) is 71.6 Å². The summed E-state index contributed by atoms with van der Waals surface area (Å²) in [4.78, 5) is 23.5. The van der Waals surface area contributed by atoms with Gasteiger partial charge in [0.05, 0.1) is 26.8 Å². The average Bonchev–Trinajstić information content (AvgIpc) is 2.76. The van der Waals surface area contributed by atoms with Crippen molar-refractivity contribution in [2.45, 2.75) is 18.7 Å². The van der Waals surface area contributed by atoms with Crippen LogP contribution < -0.4 is 9.62 Å². The Hall–Kier alpha value is -3.43. The van der Waals surface area contributed by atoms with Crippen molar-refractivity contribution in [3.05, 3.63) is 93.0 Å². The van der Waals surface area contributed by atoms with Gasteiger partial charge in [0, 0.05) is 11.1 Å². The number of hydrogen-bond acceptors (Lipinski definition) is 5. The minimum atomic E-state index is -4.11. The van der Waals surface area contributed by atoms with Crippen LogP contribution in [0.5, 0.6) is 0 Å². The lowest BCUT2D eigenvalue weighted by Gasteiger charge is -2.26. The highest BCUT2D eigenvalue weighted by Gasteiger charge is 2.29. The molecule has 0 aromatic heterocycles. The first-order valence-electron chi connectivity index (χ1n) is 9.49. The lowest BCUT2D eigenvalue weighted by molar-refractivity contribution is -0.385. The minimum Gasteiger partial charge on any atom is -0.324 e. The molecule has 0 heterocycles. The first-order valence-corrected chi connectivity index (χ1v) is 11.3. The van der Waals surface area contributed by atoms with Crippen molar-refractivity contribution in [3.8, 4) is 0 Å². The molecule has 1 amide bonds. The van der Waals surface area contributed by atoms with Gasteiger partial charge in [0.1, 0.15) is 6.54 Å². The Morgan fingerprint density at radius 3 is 2.31 bits per heavy atom. The summed E-state index contributed by atoms with van der Waals surface area (Å²) in [5, 5.41) is 14.1. The second-order valence-corrected chi connectivity index (χ2v) is 9.23. The maximum absolute atomic E-state index is 13.4. The number of amides is 1. The Morgan fingerprint density at radius 1 is 1.00 bits per heavy atom. The number of carbonyl (C=O) groups is 1. The smallest absolute Gasteiger partial charge is 0.274 e. The molecule has 8 nitrogen and oxygen atoms in total. The second-order valence-electron chi connectivity index (χ2n) is 6.96. The molecular formula is C22H20ClN3O5S. The van der Waals surface area contributed by atoms with Gasteiger partial charge in [0.25, 0.3) is 15.7 Å². The number of hydrogen-bond donors (Lipinski definition) is 1. The molecule has 0 radical (unpaired) electrons. The van der Waals surface area contributed by atoms with Crippen LogP contribution >= 0.6 is 11.6 Å². The third kappa shape index (κ3) is 4.74. The number of nitro groups is 1. The van der Waals surface area contributed by atoms with Gasteiger partial charge in [-0.1, -0.05) is 41.9 Å². The van der Waals surface area contributed by atoms with Gasteiger partial charge in [-0.05, 0) is 49.7 Å². The first kappa shape index (κ1) is 23.2. The van der Waals surface area contributed by atoms with Crippen molar-refractivity contribution in [3.63, 3.8) is 0 Å². The molecule has 166 valence electrons. The largest absolute Gasteiger partial charge is 0.324 e. The van der Waals surface area contributed by atoms with E-state index in [2.05, 4.69) is 5.32 Å². The Morgan fingerprint density at radius 2 is 1.66 bits per heavy atom. The van der Waals surface area contributed by atoms with Crippen LogP contribution in [-0.2, 0) is 14.8 Å². The van der Waals surface area contributed by atoms with Crippen LogP contribution in [0.4, 0.5) is 17.1 Å². The monoisotopic (exact) mass is 473 g/mol. The molecule has 0 saturated carbocycles. The fourth-order valence-electron chi connectivity index (χ4n) is 3.16. The Labute approximate surface area is 190 Å². The van der Waals surface area contributed by atoms with E-state index in [0.29, 0.717) is 10.6 Å². The molecule has 0 bridgehead atoms. The van der Waals surface area contributed by atoms with E-state index in [0.717, 1.165) is 4.31 Å². The maximum Gasteiger partial charge on any atom is 0.274 e. The third-order valence-corrected chi connectivity index (χ3v) is 7.09. The number of rotatable bonds is 7. The lowest BCUT2D eigenvalue weighted by Crippen LogP contribution is -2.38. The molecule has 0 aliphatic carbocycles. The molecule has 0 saturated heterocycles. The van der Waals surface area contributed by atoms with Crippen LogP contribution in [0.2, 0.25) is 5.02 Å². The molecule has 0 aliphatic rings. The number of sulfonamides is 1. The molecule has 0 atom stereocenters. The quantitative estimate of drug-likeness (QED) is 0.395. The molecule has 0 fully saturated rings. The third-order valence-electron chi connectivity index (χ3n) is 4.90. The summed E-state index contributed by atoms with van der Waals surface area (Å²) in [6, 6.07) is 16.8. The summed E-state index contributed by atoms with van der Waals surface area (Å²) in [7, 11) is -4.11. The normalized spacial score (nSPS) is 11.1. The van der Waals surface area contributed by atoms with Crippen molar-refractivity contribution < 1.29 is 18.1 Å². The average molecular weight is 474 g/mol. The Bertz CT molecular complexity index is 1280. The number of halogens is 1. The van der Waals surface area contributed by atoms with Crippen LogP contribution in [-0.4, -0.2) is 25.8 Å². The van der Waals surface area contributed by atoms with Gasteiger partial charge in [-0.2, -0.15) is 0 Å². The standard InChI is InChI=1S/C22H20ClN3O5S/c1-15-18(23)10-6-12-20(15)25(32(30,31)17-8-4-3-5-9-17)14-22(27)24-19-11-7-13-21(16(19)2)26(28)29/h3-13H,14H2,1-2H3,(H,24,27). The molecule has 1 N–H and O–H groups in total. The van der Waals surface area contributed by atoms with Crippen molar-refractivity contribution in [1.82, 2.24) is 0 Å². The van der Waals surface area contributed by atoms with E-state index in [1.54, 1.807) is 43.3 Å². The van der Waals surface area contributed by atoms with E-state index >= 15 is 0 Å². The van der Waals surface area contributed by atoms with Gasteiger partial charge < -0.3 is 5.32 Å². The molecule has 3 aromatic rings. The van der Waals surface area contributed by atoms with Gasteiger partial charge in [0.15, 0.2) is 0 Å². The van der Waals surface area contributed by atoms with E-state index in [-0.39, 0.29) is 27.5 Å². The second kappa shape index (κ2) is 9.37. The highest BCUT2D eigenvalue weighted by Crippen LogP contribution is 2.31. The predicted octanol–water partition coefficient (Wildman–Crippen LogP) is 4.70. The van der Waals surface area contributed by atoms with E-state index in [1.807, 2.05) is 0 Å². The molecular weight excluding hydrogens is 454 g/mol. The van der Waals surface area contributed by atoms with Crippen molar-refractivity contribution >= 4 is 44.6 Å². The van der Waals surface area contributed by atoms with Crippen molar-refractivity contribution in [2.75, 3.05) is 16.2 Å². The molecule has 0 unspecified atom stereocenters. The van der Waals surface area contributed by atoms with Gasteiger partial charge in [-0.3, -0.25) is 19.2 Å². The van der Waals surface area contributed by atoms with Gasteiger partial charge in [0.2, 0.25) is 5.91 Å². The molecule has 0 spiro atoms. The first-order chi connectivity index (χ1) is 15.1. The molecule has 10 heteroatoms. The summed E-state index contributed by atoms with van der Waals surface area (Å²) in [5.41, 5.74) is 1.09. The summed E-state index contributed by atoms with van der Waals surface area (Å²) < 4.78 is 27.8. The topological polar surface area (TPSA) is 110 Å². The van der Waals surface area contributed by atoms with E-state index < -0.39 is 27.4 Å². The Balaban J connectivity index is 2.00. The number of nitrogens with zero attached hydrogens (tertiary/aromatic N) is 2. The van der Waals surface area contributed by atoms with Crippen LogP contribution in [0.1, 0.15) is 11.1 Å². The van der Waals surface area contributed by atoms with E-state index in [9.17, 15) is 23.3 Å². The summed E-state index contributed by atoms with van der Waals surface area (Å²) in [6.07, 6.45) is 0. The van der Waals surface area contributed by atoms with Crippen LogP contribution in [0, 0.1) is 24.0 Å². The minimum absolute atomic E-state index is 0.0127. The van der Waals surface area contributed by atoms with Crippen molar-refractivity contribution in [1.29, 1.82) is 0 Å². The van der Waals surface area contributed by atoms with Gasteiger partial charge >= 0.3 is 0 Å². The van der Waals surface area contributed by atoms with Gasteiger partial charge in [-0.25, -0.2) is 8.42 Å². The van der Waals surface area contributed by atoms with Crippen molar-refractivity contribution in [2.24, 2.45) is 0 Å². The van der Waals surface area contributed by atoms with Crippen LogP contribution in [0.25, 0.3) is 0 Å². The maximum atomic E-state index is 13.4. The number of benzene rings is 3. The molecule has 32 heavy (non-hydrogen) atoms. The van der Waals surface area contributed by atoms with E-state index in [4.69, 9.17) is 11.6 Å². The van der Waals surface area contributed by atoms with E-state index in [1.165, 1.54) is 37.3 Å². The number of carbonyl (C=O) groups excluding carboxylic acids is 1. The predicted molar refractivity (Wildman–Crippen MR) is 124 cm³/mol. The zero-order valence-electron chi connectivity index (χ0n) is 17.3. The van der Waals surface area contributed by atoms with Crippen LogP contribution in [0.3, 0.4) is 0 Å². The molecule has 3 rings (SSSR count). The molecule has 0 aliphatic heterocycles. The summed E-state index contributed by atoms with van der Waals surface area (Å²) in [6.45, 7) is 2.61. The highest BCUT2D eigenvalue weighted by atomic mass is 35.5. The number of nitro benzene ring substituents is 1. The number of anilines is 2. The fraction of sp³-hybridized carbons (Fsp3) is 0.136. The zero-order valence-corrected chi connectivity index (χ0v) is 18.9. The molecule has 3 aromatic carbocycles. The number of nitrogens with one attached hydrogen (secondary N) is 1. The Kier molecular flexibility index (Phi) is 6.81. The lowest BCUT2D eigenvalue weighted by atomic mass is 10.1. The summed E-state index contributed by atoms with van der Waals surface area (Å²) in [5.74, 6) is -0.660. The SMILES string of the molecule is Cc1c(Cl)cccc1N(CC(=O)Nc1cccc([N+](=O)[O-])c1C)S(=O)(=O)c1ccccc1. The fourth-order valence-corrected chi connectivity index (χ4v) is 4.83. The zero-order chi connectivity index (χ0) is 23.5. The highest BCUT2D eigenvalue weighted by molar-refractivity contribution is 7.92. The van der Waals surface area contributed by atoms with Gasteiger partial charge in [-0.15, -0.1) is 0 Å².